The predicted molar refractivity (Wildman–Crippen MR) is 89.6 cm³/mol. The Balaban J connectivity index is 1.97. The highest BCUT2D eigenvalue weighted by molar-refractivity contribution is 5.98. The first kappa shape index (κ1) is 18.0. The van der Waals surface area contributed by atoms with Crippen LogP contribution in [0, 0.1) is 18.8 Å². The van der Waals surface area contributed by atoms with Gasteiger partial charge in [-0.05, 0) is 37.3 Å². The van der Waals surface area contributed by atoms with E-state index in [0.717, 1.165) is 5.56 Å². The maximum atomic E-state index is 12.4. The second-order valence-corrected chi connectivity index (χ2v) is 6.72. The number of carbonyl (C=O) groups is 3. The molecule has 130 valence electrons. The van der Waals surface area contributed by atoms with E-state index in [1.54, 1.807) is 12.1 Å². The van der Waals surface area contributed by atoms with Crippen molar-refractivity contribution >= 4 is 17.8 Å². The zero-order chi connectivity index (χ0) is 17.9. The average Bonchev–Trinajstić information content (AvgIpc) is 2.47. The first-order valence-corrected chi connectivity index (χ1v) is 8.19. The molecule has 0 bridgehead atoms. The van der Waals surface area contributed by atoms with Crippen molar-refractivity contribution in [3.8, 4) is 0 Å². The Bertz CT molecular complexity index is 636. The summed E-state index contributed by atoms with van der Waals surface area (Å²) in [6.45, 7) is 5.58. The van der Waals surface area contributed by atoms with Gasteiger partial charge in [-0.25, -0.2) is 0 Å². The van der Waals surface area contributed by atoms with Crippen LogP contribution in [-0.4, -0.2) is 35.0 Å². The van der Waals surface area contributed by atoms with E-state index in [4.69, 9.17) is 5.11 Å². The number of aryl methyl sites for hydroxylation is 1. The van der Waals surface area contributed by atoms with Gasteiger partial charge in [0.1, 0.15) is 6.04 Å². The molecule has 0 heterocycles. The second-order valence-electron chi connectivity index (χ2n) is 6.72. The summed E-state index contributed by atoms with van der Waals surface area (Å²) >= 11 is 0. The fourth-order valence-electron chi connectivity index (χ4n) is 2.81. The van der Waals surface area contributed by atoms with E-state index < -0.39 is 12.0 Å². The molecule has 0 radical (unpaired) electrons. The van der Waals surface area contributed by atoms with Gasteiger partial charge in [0, 0.05) is 11.6 Å². The largest absolute Gasteiger partial charge is 0.481 e. The molecule has 0 saturated heterocycles. The van der Waals surface area contributed by atoms with Crippen molar-refractivity contribution in [1.29, 1.82) is 0 Å². The van der Waals surface area contributed by atoms with Gasteiger partial charge in [0.2, 0.25) is 5.91 Å². The molecule has 6 heteroatoms. The number of hydrogen-bond donors (Lipinski definition) is 3. The lowest BCUT2D eigenvalue weighted by Crippen LogP contribution is -2.55. The Kier molecular flexibility index (Phi) is 5.59. The van der Waals surface area contributed by atoms with Crippen LogP contribution in [0.4, 0.5) is 0 Å². The molecular weight excluding hydrogens is 308 g/mol. The molecule has 24 heavy (non-hydrogen) atoms. The molecule has 1 aromatic rings. The van der Waals surface area contributed by atoms with Crippen molar-refractivity contribution < 1.29 is 19.5 Å². The summed E-state index contributed by atoms with van der Waals surface area (Å²) in [5.41, 5.74) is 1.40. The standard InChI is InChI=1S/C18H24N2O4/c1-10(2)15(17(22)19-13-8-12(9-13)18(23)24)20-16(21)14-7-5-4-6-11(14)3/h4-7,10,12-13,15H,8-9H2,1-3H3,(H,19,22)(H,20,21)(H,23,24). The Labute approximate surface area is 141 Å². The molecule has 1 aliphatic carbocycles. The number of hydrogen-bond acceptors (Lipinski definition) is 3. The van der Waals surface area contributed by atoms with Crippen LogP contribution in [0.3, 0.4) is 0 Å². The predicted octanol–water partition coefficient (Wildman–Crippen LogP) is 1.73. The van der Waals surface area contributed by atoms with Crippen LogP contribution in [0.15, 0.2) is 24.3 Å². The molecule has 0 aliphatic heterocycles. The van der Waals surface area contributed by atoms with E-state index in [1.807, 2.05) is 32.9 Å². The molecule has 3 N–H and O–H groups in total. The van der Waals surface area contributed by atoms with E-state index in [1.165, 1.54) is 0 Å². The van der Waals surface area contributed by atoms with Gasteiger partial charge in [0.15, 0.2) is 0 Å². The van der Waals surface area contributed by atoms with E-state index >= 15 is 0 Å². The summed E-state index contributed by atoms with van der Waals surface area (Å²) in [7, 11) is 0. The maximum absolute atomic E-state index is 12.4. The lowest BCUT2D eigenvalue weighted by atomic mass is 9.80. The molecule has 2 rings (SSSR count). The van der Waals surface area contributed by atoms with Gasteiger partial charge in [-0.2, -0.15) is 0 Å². The first-order chi connectivity index (χ1) is 11.3. The van der Waals surface area contributed by atoms with Crippen molar-refractivity contribution in [1.82, 2.24) is 10.6 Å². The lowest BCUT2D eigenvalue weighted by molar-refractivity contribution is -0.146. The van der Waals surface area contributed by atoms with Gasteiger partial charge in [-0.3, -0.25) is 14.4 Å². The van der Waals surface area contributed by atoms with E-state index in [-0.39, 0.29) is 29.7 Å². The Morgan fingerprint density at radius 3 is 2.33 bits per heavy atom. The van der Waals surface area contributed by atoms with Crippen molar-refractivity contribution in [3.63, 3.8) is 0 Å². The summed E-state index contributed by atoms with van der Waals surface area (Å²) < 4.78 is 0. The molecule has 1 saturated carbocycles. The highest BCUT2D eigenvalue weighted by Gasteiger charge is 2.37. The molecule has 1 unspecified atom stereocenters. The number of rotatable bonds is 6. The summed E-state index contributed by atoms with van der Waals surface area (Å²) in [5, 5.41) is 14.5. The van der Waals surface area contributed by atoms with Gasteiger partial charge >= 0.3 is 5.97 Å². The quantitative estimate of drug-likeness (QED) is 0.739. The van der Waals surface area contributed by atoms with Gasteiger partial charge in [0.25, 0.3) is 5.91 Å². The minimum Gasteiger partial charge on any atom is -0.481 e. The minimum atomic E-state index is -0.825. The Morgan fingerprint density at radius 1 is 1.17 bits per heavy atom. The Morgan fingerprint density at radius 2 is 1.79 bits per heavy atom. The van der Waals surface area contributed by atoms with Crippen LogP contribution in [0.25, 0.3) is 0 Å². The summed E-state index contributed by atoms with van der Waals surface area (Å²) in [6.07, 6.45) is 0.884. The number of carboxylic acids is 1. The third-order valence-corrected chi connectivity index (χ3v) is 4.46. The zero-order valence-electron chi connectivity index (χ0n) is 14.2. The third kappa shape index (κ3) is 4.13. The molecule has 1 fully saturated rings. The lowest BCUT2D eigenvalue weighted by Gasteiger charge is -2.34. The van der Waals surface area contributed by atoms with Crippen LogP contribution in [0.5, 0.6) is 0 Å². The van der Waals surface area contributed by atoms with E-state index in [2.05, 4.69) is 10.6 Å². The molecular formula is C18H24N2O4. The topological polar surface area (TPSA) is 95.5 Å². The van der Waals surface area contributed by atoms with Crippen LogP contribution >= 0.6 is 0 Å². The van der Waals surface area contributed by atoms with Crippen LogP contribution < -0.4 is 10.6 Å². The van der Waals surface area contributed by atoms with Crippen molar-refractivity contribution in [2.24, 2.45) is 11.8 Å². The molecule has 1 aliphatic rings. The average molecular weight is 332 g/mol. The van der Waals surface area contributed by atoms with Gasteiger partial charge in [-0.1, -0.05) is 32.0 Å². The molecule has 0 spiro atoms. The molecule has 0 aromatic heterocycles. The van der Waals surface area contributed by atoms with Crippen LogP contribution in [0.1, 0.15) is 42.6 Å². The SMILES string of the molecule is Cc1ccccc1C(=O)NC(C(=O)NC1CC(C(=O)O)C1)C(C)C. The van der Waals surface area contributed by atoms with E-state index in [0.29, 0.717) is 18.4 Å². The smallest absolute Gasteiger partial charge is 0.306 e. The number of aliphatic carboxylic acids is 1. The molecule has 2 amide bonds. The van der Waals surface area contributed by atoms with Crippen molar-refractivity contribution in [3.05, 3.63) is 35.4 Å². The minimum absolute atomic E-state index is 0.0756. The maximum Gasteiger partial charge on any atom is 0.306 e. The molecule has 1 atom stereocenters. The van der Waals surface area contributed by atoms with Crippen LogP contribution in [0.2, 0.25) is 0 Å². The number of benzene rings is 1. The highest BCUT2D eigenvalue weighted by Crippen LogP contribution is 2.27. The first-order valence-electron chi connectivity index (χ1n) is 8.19. The fraction of sp³-hybridized carbons (Fsp3) is 0.500. The number of carboxylic acid groups (broad SMARTS) is 1. The normalized spacial score (nSPS) is 20.8. The van der Waals surface area contributed by atoms with Crippen molar-refractivity contribution in [2.75, 3.05) is 0 Å². The van der Waals surface area contributed by atoms with E-state index in [9.17, 15) is 14.4 Å². The number of nitrogens with one attached hydrogen (secondary N) is 2. The highest BCUT2D eigenvalue weighted by atomic mass is 16.4. The number of amides is 2. The zero-order valence-corrected chi connectivity index (χ0v) is 14.2. The summed E-state index contributed by atoms with van der Waals surface area (Å²) in [5.74, 6) is -1.82. The van der Waals surface area contributed by atoms with Gasteiger partial charge < -0.3 is 15.7 Å². The third-order valence-electron chi connectivity index (χ3n) is 4.46. The van der Waals surface area contributed by atoms with Gasteiger partial charge in [0.05, 0.1) is 5.92 Å². The van der Waals surface area contributed by atoms with Crippen LogP contribution in [-0.2, 0) is 9.59 Å². The second kappa shape index (κ2) is 7.47. The van der Waals surface area contributed by atoms with Gasteiger partial charge in [-0.15, -0.1) is 0 Å². The number of carbonyl (C=O) groups excluding carboxylic acids is 2. The Hall–Kier alpha value is -2.37. The molecule has 6 nitrogen and oxygen atoms in total. The monoisotopic (exact) mass is 332 g/mol. The summed E-state index contributed by atoms with van der Waals surface area (Å²) in [4.78, 5) is 35.7. The van der Waals surface area contributed by atoms with Crippen molar-refractivity contribution in [2.45, 2.75) is 45.7 Å². The summed E-state index contributed by atoms with van der Waals surface area (Å²) in [6, 6.07) is 6.43. The fourth-order valence-corrected chi connectivity index (χ4v) is 2.81. The molecule has 1 aromatic carbocycles.